The minimum absolute atomic E-state index is 0.135. The van der Waals surface area contributed by atoms with Crippen LogP contribution in [0.15, 0.2) is 48.5 Å². The molecule has 1 aliphatic heterocycles. The van der Waals surface area contributed by atoms with Crippen LogP contribution >= 0.6 is 0 Å². The summed E-state index contributed by atoms with van der Waals surface area (Å²) < 4.78 is 12.8. The molecule has 2 amide bonds. The number of amides is 2. The van der Waals surface area contributed by atoms with Gasteiger partial charge in [-0.05, 0) is 48.5 Å². The molecule has 1 saturated heterocycles. The number of phenols is 1. The van der Waals surface area contributed by atoms with E-state index in [0.717, 1.165) is 31.9 Å². The Morgan fingerprint density at radius 1 is 0.929 bits per heavy atom. The zero-order valence-electron chi connectivity index (χ0n) is 15.4. The number of rotatable bonds is 6. The summed E-state index contributed by atoms with van der Waals surface area (Å²) in [4.78, 5) is 28.2. The summed E-state index contributed by atoms with van der Waals surface area (Å²) in [6, 6.07) is 12.5. The summed E-state index contributed by atoms with van der Waals surface area (Å²) in [5.41, 5.74) is 1.52. The fraction of sp³-hybridized carbons (Fsp3) is 0.300. The number of hydrogen-bond acceptors (Lipinski definition) is 5. The highest BCUT2D eigenvalue weighted by atomic mass is 19.1. The van der Waals surface area contributed by atoms with Crippen molar-refractivity contribution in [2.75, 3.05) is 49.5 Å². The number of piperazine rings is 1. The molecule has 0 unspecified atom stereocenters. The highest BCUT2D eigenvalue weighted by Gasteiger charge is 2.19. The Labute approximate surface area is 162 Å². The van der Waals surface area contributed by atoms with E-state index in [0.29, 0.717) is 5.69 Å². The molecule has 2 aromatic rings. The van der Waals surface area contributed by atoms with E-state index in [2.05, 4.69) is 15.5 Å². The van der Waals surface area contributed by atoms with Crippen molar-refractivity contribution in [3.8, 4) is 5.75 Å². The zero-order valence-corrected chi connectivity index (χ0v) is 15.4. The highest BCUT2D eigenvalue weighted by molar-refractivity contribution is 5.94. The van der Waals surface area contributed by atoms with Crippen LogP contribution in [0.2, 0.25) is 0 Å². The molecule has 0 spiro atoms. The Morgan fingerprint density at radius 3 is 2.21 bits per heavy atom. The summed E-state index contributed by atoms with van der Waals surface area (Å²) in [7, 11) is 0. The standard InChI is InChI=1S/C20H23FN4O3/c21-15-1-3-16(4-2-15)23-19(27)13-22-20(28)14-24-9-11-25(12-10-24)17-5-7-18(26)8-6-17/h1-8,26H,9-14H2,(H,22,28)(H,23,27). The van der Waals surface area contributed by atoms with Crippen molar-refractivity contribution < 1.29 is 19.1 Å². The van der Waals surface area contributed by atoms with Gasteiger partial charge in [-0.25, -0.2) is 4.39 Å². The average molecular weight is 386 g/mol. The molecule has 0 saturated carbocycles. The summed E-state index contributed by atoms with van der Waals surface area (Å²) in [6.45, 7) is 3.12. The molecule has 1 fully saturated rings. The monoisotopic (exact) mass is 386 g/mol. The first-order valence-electron chi connectivity index (χ1n) is 9.08. The third-order valence-electron chi connectivity index (χ3n) is 4.53. The van der Waals surface area contributed by atoms with Crippen LogP contribution in [0, 0.1) is 5.82 Å². The predicted molar refractivity (Wildman–Crippen MR) is 105 cm³/mol. The molecule has 0 bridgehead atoms. The van der Waals surface area contributed by atoms with E-state index >= 15 is 0 Å². The van der Waals surface area contributed by atoms with Gasteiger partial charge in [0.05, 0.1) is 13.1 Å². The number of aromatic hydroxyl groups is 1. The van der Waals surface area contributed by atoms with Gasteiger partial charge in [-0.1, -0.05) is 0 Å². The molecule has 0 aliphatic carbocycles. The third-order valence-corrected chi connectivity index (χ3v) is 4.53. The largest absolute Gasteiger partial charge is 0.508 e. The van der Waals surface area contributed by atoms with Crippen LogP contribution in [-0.2, 0) is 9.59 Å². The van der Waals surface area contributed by atoms with Crippen LogP contribution in [0.5, 0.6) is 5.75 Å². The van der Waals surface area contributed by atoms with Crippen LogP contribution in [0.3, 0.4) is 0 Å². The molecule has 7 nitrogen and oxygen atoms in total. The molecule has 3 N–H and O–H groups in total. The van der Waals surface area contributed by atoms with Gasteiger partial charge in [0.25, 0.3) is 0 Å². The maximum absolute atomic E-state index is 12.8. The van der Waals surface area contributed by atoms with Crippen LogP contribution in [-0.4, -0.2) is 61.1 Å². The Bertz CT molecular complexity index is 803. The number of benzene rings is 2. The molecular weight excluding hydrogens is 363 g/mol. The average Bonchev–Trinajstić information content (AvgIpc) is 2.69. The molecule has 0 atom stereocenters. The van der Waals surface area contributed by atoms with Crippen molar-refractivity contribution in [2.24, 2.45) is 0 Å². The molecule has 1 heterocycles. The number of nitrogens with zero attached hydrogens (tertiary/aromatic N) is 2. The summed E-state index contributed by atoms with van der Waals surface area (Å²) in [5, 5.41) is 14.6. The second-order valence-corrected chi connectivity index (χ2v) is 6.61. The summed E-state index contributed by atoms with van der Waals surface area (Å²) in [5.74, 6) is -0.719. The molecule has 3 rings (SSSR count). The fourth-order valence-electron chi connectivity index (χ4n) is 3.00. The minimum Gasteiger partial charge on any atom is -0.508 e. The van der Waals surface area contributed by atoms with Crippen molar-refractivity contribution in [1.82, 2.24) is 10.2 Å². The summed E-state index contributed by atoms with van der Waals surface area (Å²) in [6.07, 6.45) is 0. The van der Waals surface area contributed by atoms with Gasteiger partial charge in [0.2, 0.25) is 11.8 Å². The molecule has 0 aromatic heterocycles. The molecule has 1 aliphatic rings. The van der Waals surface area contributed by atoms with Gasteiger partial charge in [0.1, 0.15) is 11.6 Å². The Kier molecular flexibility index (Phi) is 6.44. The Morgan fingerprint density at radius 2 is 1.57 bits per heavy atom. The maximum atomic E-state index is 12.8. The smallest absolute Gasteiger partial charge is 0.243 e. The van der Waals surface area contributed by atoms with Crippen molar-refractivity contribution >= 4 is 23.2 Å². The number of carbonyl (C=O) groups excluding carboxylic acids is 2. The van der Waals surface area contributed by atoms with E-state index in [4.69, 9.17) is 0 Å². The molecule has 2 aromatic carbocycles. The lowest BCUT2D eigenvalue weighted by Gasteiger charge is -2.35. The van der Waals surface area contributed by atoms with Gasteiger partial charge in [-0.15, -0.1) is 0 Å². The van der Waals surface area contributed by atoms with Crippen LogP contribution in [0.1, 0.15) is 0 Å². The van der Waals surface area contributed by atoms with Gasteiger partial charge in [0.15, 0.2) is 0 Å². The van der Waals surface area contributed by atoms with Crippen LogP contribution in [0.4, 0.5) is 15.8 Å². The lowest BCUT2D eigenvalue weighted by Crippen LogP contribution is -2.50. The number of nitrogens with one attached hydrogen (secondary N) is 2. The number of halogens is 1. The van der Waals surface area contributed by atoms with E-state index in [9.17, 15) is 19.1 Å². The predicted octanol–water partition coefficient (Wildman–Crippen LogP) is 1.41. The second-order valence-electron chi connectivity index (χ2n) is 6.61. The minimum atomic E-state index is -0.378. The van der Waals surface area contributed by atoms with Gasteiger partial charge in [0, 0.05) is 37.6 Å². The first-order chi connectivity index (χ1) is 13.5. The van der Waals surface area contributed by atoms with Crippen molar-refractivity contribution in [1.29, 1.82) is 0 Å². The lowest BCUT2D eigenvalue weighted by molar-refractivity contribution is -0.125. The number of hydrogen-bond donors (Lipinski definition) is 3. The molecule has 28 heavy (non-hydrogen) atoms. The molecular formula is C20H23FN4O3. The van der Waals surface area contributed by atoms with E-state index in [1.807, 2.05) is 17.0 Å². The highest BCUT2D eigenvalue weighted by Crippen LogP contribution is 2.19. The SMILES string of the molecule is O=C(CN1CCN(c2ccc(O)cc2)CC1)NCC(=O)Nc1ccc(F)cc1. The summed E-state index contributed by atoms with van der Waals surface area (Å²) >= 11 is 0. The van der Waals surface area contributed by atoms with Gasteiger partial charge < -0.3 is 20.6 Å². The van der Waals surface area contributed by atoms with E-state index in [1.165, 1.54) is 24.3 Å². The third kappa shape index (κ3) is 5.68. The normalized spacial score (nSPS) is 14.5. The second kappa shape index (κ2) is 9.18. The van der Waals surface area contributed by atoms with Crippen molar-refractivity contribution in [3.05, 3.63) is 54.3 Å². The van der Waals surface area contributed by atoms with Crippen molar-refractivity contribution in [3.63, 3.8) is 0 Å². The molecule has 0 radical (unpaired) electrons. The first-order valence-corrected chi connectivity index (χ1v) is 9.08. The molecule has 8 heteroatoms. The van der Waals surface area contributed by atoms with Gasteiger partial charge >= 0.3 is 0 Å². The molecule has 148 valence electrons. The van der Waals surface area contributed by atoms with E-state index in [-0.39, 0.29) is 36.5 Å². The first kappa shape index (κ1) is 19.6. The Balaban J connectivity index is 1.36. The quantitative estimate of drug-likeness (QED) is 0.699. The Hall–Kier alpha value is -3.13. The fourth-order valence-corrected chi connectivity index (χ4v) is 3.00. The van der Waals surface area contributed by atoms with Crippen molar-refractivity contribution in [2.45, 2.75) is 0 Å². The number of carbonyl (C=O) groups is 2. The van der Waals surface area contributed by atoms with Gasteiger partial charge in [-0.2, -0.15) is 0 Å². The van der Waals surface area contributed by atoms with E-state index in [1.54, 1.807) is 12.1 Å². The topological polar surface area (TPSA) is 84.9 Å². The van der Waals surface area contributed by atoms with E-state index < -0.39 is 0 Å². The van der Waals surface area contributed by atoms with Crippen LogP contribution < -0.4 is 15.5 Å². The maximum Gasteiger partial charge on any atom is 0.243 e. The lowest BCUT2D eigenvalue weighted by atomic mass is 10.2. The number of anilines is 2. The zero-order chi connectivity index (χ0) is 19.9. The van der Waals surface area contributed by atoms with Gasteiger partial charge in [-0.3, -0.25) is 14.5 Å². The van der Waals surface area contributed by atoms with Crippen LogP contribution in [0.25, 0.3) is 0 Å². The number of phenolic OH excluding ortho intramolecular Hbond substituents is 1.